The van der Waals surface area contributed by atoms with Crippen LogP contribution < -0.4 is 9.47 Å². The lowest BCUT2D eigenvalue weighted by Gasteiger charge is -2.25. The number of carboxylic acids is 1. The minimum Gasteiger partial charge on any atom is -0.478 e. The molecule has 1 N–H and O–H groups in total. The molecule has 0 unspecified atom stereocenters. The Balaban J connectivity index is 2.39. The normalized spacial score (nSPS) is 17.2. The van der Waals surface area contributed by atoms with Gasteiger partial charge in [0.2, 0.25) is 0 Å². The van der Waals surface area contributed by atoms with Crippen LogP contribution >= 0.6 is 0 Å². The molecule has 1 aliphatic heterocycles. The van der Waals surface area contributed by atoms with Crippen LogP contribution in [0.15, 0.2) is 12.3 Å². The van der Waals surface area contributed by atoms with Crippen molar-refractivity contribution in [3.63, 3.8) is 0 Å². The molecule has 0 atom stereocenters. The second kappa shape index (κ2) is 3.04. The van der Waals surface area contributed by atoms with Crippen LogP contribution in [-0.2, 0) is 0 Å². The van der Waals surface area contributed by atoms with Gasteiger partial charge >= 0.3 is 12.1 Å². The molecule has 0 bridgehead atoms. The Morgan fingerprint density at radius 2 is 2.27 bits per heavy atom. The topological polar surface area (TPSA) is 68.7 Å². The first-order valence-corrected chi connectivity index (χ1v) is 3.91. The highest BCUT2D eigenvalue weighted by atomic mass is 19.3. The zero-order valence-corrected chi connectivity index (χ0v) is 7.24. The number of pyridine rings is 1. The lowest BCUT2D eigenvalue weighted by molar-refractivity contribution is -0.208. The van der Waals surface area contributed by atoms with E-state index in [0.29, 0.717) is 0 Å². The number of alkyl halides is 2. The fourth-order valence-corrected chi connectivity index (χ4v) is 1.08. The Hall–Kier alpha value is -1.92. The molecule has 0 radical (unpaired) electrons. The lowest BCUT2D eigenvalue weighted by atomic mass is 10.3. The number of hydrogen-bond donors (Lipinski definition) is 1. The highest BCUT2D eigenvalue weighted by Crippen LogP contribution is 2.36. The highest BCUT2D eigenvalue weighted by molar-refractivity contribution is 5.86. The van der Waals surface area contributed by atoms with Gasteiger partial charge in [-0.05, 0) is 0 Å². The number of hydrogen-bond acceptors (Lipinski definition) is 4. The summed E-state index contributed by atoms with van der Waals surface area (Å²) in [6.07, 6.45) is -2.40. The van der Waals surface area contributed by atoms with Crippen molar-refractivity contribution in [2.75, 3.05) is 6.61 Å². The van der Waals surface area contributed by atoms with Gasteiger partial charge in [0.25, 0.3) is 0 Å². The number of aromatic nitrogens is 1. The molecule has 0 saturated heterocycles. The Bertz CT molecular complexity index is 421. The smallest absolute Gasteiger partial charge is 0.433 e. The van der Waals surface area contributed by atoms with E-state index in [9.17, 15) is 13.6 Å². The molecule has 2 heterocycles. The Kier molecular flexibility index (Phi) is 1.95. The average Bonchev–Trinajstić information content (AvgIpc) is 2.15. The number of carboxylic acid groups (broad SMARTS) is 1. The lowest BCUT2D eigenvalue weighted by Crippen LogP contribution is -2.36. The average molecular weight is 217 g/mol. The van der Waals surface area contributed by atoms with Crippen LogP contribution in [0.3, 0.4) is 0 Å². The molecule has 5 nitrogen and oxygen atoms in total. The standard InChI is InChI=1S/C8H5F2NO4/c9-8(10)3-14-6-2-11-4(7(12)13)1-5(6)15-8/h1-2H,3H2,(H,12,13). The van der Waals surface area contributed by atoms with Crippen LogP contribution in [0.2, 0.25) is 0 Å². The summed E-state index contributed by atoms with van der Waals surface area (Å²) < 4.78 is 34.3. The molecule has 1 aromatic heterocycles. The molecule has 80 valence electrons. The zero-order chi connectivity index (χ0) is 11.1. The van der Waals surface area contributed by atoms with E-state index in [4.69, 9.17) is 5.11 Å². The molecule has 1 aromatic rings. The number of carbonyl (C=O) groups is 1. The van der Waals surface area contributed by atoms with Crippen LogP contribution in [-0.4, -0.2) is 28.8 Å². The first kappa shape index (κ1) is 9.63. The molecule has 0 aromatic carbocycles. The van der Waals surface area contributed by atoms with E-state index >= 15 is 0 Å². The van der Waals surface area contributed by atoms with Gasteiger partial charge in [-0.25, -0.2) is 9.78 Å². The zero-order valence-electron chi connectivity index (χ0n) is 7.24. The summed E-state index contributed by atoms with van der Waals surface area (Å²) in [5.74, 6) is -1.64. The molecular weight excluding hydrogens is 212 g/mol. The van der Waals surface area contributed by atoms with Gasteiger partial charge in [0.05, 0.1) is 6.20 Å². The Labute approximate surface area is 82.3 Å². The van der Waals surface area contributed by atoms with Crippen molar-refractivity contribution in [2.45, 2.75) is 6.11 Å². The molecule has 0 fully saturated rings. The molecular formula is C8H5F2NO4. The Morgan fingerprint density at radius 1 is 1.53 bits per heavy atom. The van der Waals surface area contributed by atoms with Crippen molar-refractivity contribution in [3.05, 3.63) is 18.0 Å². The summed E-state index contributed by atoms with van der Waals surface area (Å²) in [4.78, 5) is 14.0. The van der Waals surface area contributed by atoms with Gasteiger partial charge < -0.3 is 14.6 Å². The maximum atomic E-state index is 12.7. The molecule has 1 aliphatic rings. The molecule has 2 rings (SSSR count). The number of nitrogens with zero attached hydrogens (tertiary/aromatic N) is 1. The second-order valence-electron chi connectivity index (χ2n) is 2.85. The van der Waals surface area contributed by atoms with E-state index in [-0.39, 0.29) is 17.2 Å². The maximum absolute atomic E-state index is 12.7. The first-order chi connectivity index (χ1) is 6.98. The SMILES string of the molecule is O=C(O)c1cc2c(cn1)OCC(F)(F)O2. The largest absolute Gasteiger partial charge is 0.478 e. The van der Waals surface area contributed by atoms with E-state index in [1.165, 1.54) is 0 Å². The summed E-state index contributed by atoms with van der Waals surface area (Å²) in [6.45, 7) is -0.909. The maximum Gasteiger partial charge on any atom is 0.433 e. The minimum atomic E-state index is -3.44. The third-order valence-corrected chi connectivity index (χ3v) is 1.71. The quantitative estimate of drug-likeness (QED) is 0.763. The number of rotatable bonds is 1. The summed E-state index contributed by atoms with van der Waals surface area (Å²) in [5, 5.41) is 8.57. The van der Waals surface area contributed by atoms with Gasteiger partial charge in [-0.2, -0.15) is 8.78 Å². The van der Waals surface area contributed by atoms with E-state index in [1.54, 1.807) is 0 Å². The number of aromatic carboxylic acids is 1. The van der Waals surface area contributed by atoms with Gasteiger partial charge in [-0.3, -0.25) is 0 Å². The highest BCUT2D eigenvalue weighted by Gasteiger charge is 2.38. The van der Waals surface area contributed by atoms with Gasteiger partial charge in [0.15, 0.2) is 23.8 Å². The van der Waals surface area contributed by atoms with Crippen molar-refractivity contribution in [3.8, 4) is 11.5 Å². The second-order valence-corrected chi connectivity index (χ2v) is 2.85. The van der Waals surface area contributed by atoms with Crippen LogP contribution in [0.4, 0.5) is 8.78 Å². The van der Waals surface area contributed by atoms with Crippen LogP contribution in [0.5, 0.6) is 11.5 Å². The fourth-order valence-electron chi connectivity index (χ4n) is 1.08. The third-order valence-electron chi connectivity index (χ3n) is 1.71. The Morgan fingerprint density at radius 3 is 2.93 bits per heavy atom. The van der Waals surface area contributed by atoms with Crippen molar-refractivity contribution in [1.82, 2.24) is 4.98 Å². The van der Waals surface area contributed by atoms with Crippen molar-refractivity contribution >= 4 is 5.97 Å². The van der Waals surface area contributed by atoms with Crippen molar-refractivity contribution in [2.24, 2.45) is 0 Å². The summed E-state index contributed by atoms with van der Waals surface area (Å²) in [5.41, 5.74) is -0.380. The predicted octanol–water partition coefficient (Wildman–Crippen LogP) is 1.14. The first-order valence-electron chi connectivity index (χ1n) is 3.91. The van der Waals surface area contributed by atoms with E-state index in [2.05, 4.69) is 14.5 Å². The molecule has 0 spiro atoms. The molecule has 15 heavy (non-hydrogen) atoms. The monoisotopic (exact) mass is 217 g/mol. The van der Waals surface area contributed by atoms with Gasteiger partial charge in [0, 0.05) is 6.07 Å². The minimum absolute atomic E-state index is 0.00549. The summed E-state index contributed by atoms with van der Waals surface area (Å²) in [7, 11) is 0. The number of fused-ring (bicyclic) bond motifs is 1. The van der Waals surface area contributed by atoms with Crippen LogP contribution in [0.1, 0.15) is 10.5 Å². The predicted molar refractivity (Wildman–Crippen MR) is 42.3 cm³/mol. The van der Waals surface area contributed by atoms with Crippen molar-refractivity contribution < 1.29 is 28.2 Å². The summed E-state index contributed by atoms with van der Waals surface area (Å²) in [6, 6.07) is 0.894. The van der Waals surface area contributed by atoms with Crippen LogP contribution in [0, 0.1) is 0 Å². The number of ether oxygens (including phenoxy) is 2. The van der Waals surface area contributed by atoms with Gasteiger partial charge in [-0.1, -0.05) is 0 Å². The van der Waals surface area contributed by atoms with E-state index in [0.717, 1.165) is 12.3 Å². The molecule has 0 aliphatic carbocycles. The van der Waals surface area contributed by atoms with Crippen LogP contribution in [0.25, 0.3) is 0 Å². The van der Waals surface area contributed by atoms with Gasteiger partial charge in [-0.15, -0.1) is 0 Å². The number of halogens is 2. The third kappa shape index (κ3) is 1.80. The fraction of sp³-hybridized carbons (Fsp3) is 0.250. The molecule has 0 amide bonds. The van der Waals surface area contributed by atoms with Gasteiger partial charge in [0.1, 0.15) is 0 Å². The van der Waals surface area contributed by atoms with E-state index < -0.39 is 18.7 Å². The van der Waals surface area contributed by atoms with E-state index in [1.807, 2.05) is 0 Å². The summed E-state index contributed by atoms with van der Waals surface area (Å²) >= 11 is 0. The molecule has 0 saturated carbocycles. The van der Waals surface area contributed by atoms with Crippen molar-refractivity contribution in [1.29, 1.82) is 0 Å². The molecule has 7 heteroatoms.